The van der Waals surface area contributed by atoms with Gasteiger partial charge in [0.25, 0.3) is 0 Å². The van der Waals surface area contributed by atoms with Gasteiger partial charge >= 0.3 is 6.18 Å². The molecule has 9 heteroatoms. The van der Waals surface area contributed by atoms with Crippen LogP contribution in [-0.2, 0) is 16.0 Å². The summed E-state index contributed by atoms with van der Waals surface area (Å²) in [5.74, 6) is -2.61. The summed E-state index contributed by atoms with van der Waals surface area (Å²) in [5.41, 5.74) is -2.39. The molecule has 0 saturated carbocycles. The molecular weight excluding hydrogens is 352 g/mol. The van der Waals surface area contributed by atoms with E-state index in [9.17, 15) is 35.9 Å². The first-order chi connectivity index (χ1) is 10.9. The lowest BCUT2D eigenvalue weighted by Crippen LogP contribution is -2.13. The second kappa shape index (κ2) is 5.90. The third-order valence-electron chi connectivity index (χ3n) is 3.16. The second-order valence-electron chi connectivity index (χ2n) is 4.97. The van der Waals surface area contributed by atoms with E-state index in [2.05, 4.69) is 0 Å². The number of phenolic OH excluding ortho intramolecular Hbond substituents is 1. The third-order valence-corrected chi connectivity index (χ3v) is 4.29. The monoisotopic (exact) mass is 362 g/mol. The number of carbonyl (C=O) groups is 1. The summed E-state index contributed by atoms with van der Waals surface area (Å²) in [4.78, 5) is 11.5. The molecule has 2 aromatic carbocycles. The number of halogens is 4. The summed E-state index contributed by atoms with van der Waals surface area (Å²) >= 11 is 0. The molecular formula is C15H10F4O4S. The minimum Gasteiger partial charge on any atom is -0.507 e. The zero-order chi connectivity index (χ0) is 18.3. The summed E-state index contributed by atoms with van der Waals surface area (Å²) < 4.78 is 75.1. The van der Waals surface area contributed by atoms with Crippen molar-refractivity contribution in [2.75, 3.05) is 6.26 Å². The fourth-order valence-corrected chi connectivity index (χ4v) is 2.93. The molecule has 2 rings (SSSR count). The number of benzene rings is 2. The Balaban J connectivity index is 2.70. The van der Waals surface area contributed by atoms with E-state index >= 15 is 0 Å². The first kappa shape index (κ1) is 17.9. The van der Waals surface area contributed by atoms with Gasteiger partial charge in [-0.3, -0.25) is 4.79 Å². The fraction of sp³-hybridized carbons (Fsp3) is 0.133. The zero-order valence-electron chi connectivity index (χ0n) is 12.1. The molecule has 128 valence electrons. The van der Waals surface area contributed by atoms with Crippen molar-refractivity contribution >= 4 is 15.6 Å². The Morgan fingerprint density at radius 1 is 1.04 bits per heavy atom. The standard InChI is InChI=1S/C15H10F4O4S/c1-24(22,23)13-6-8(15(17,18)19)2-4-10(13)14(21)11-7-9(16)3-5-12(11)20/h2-7,20H,1H3. The number of sulfone groups is 1. The molecule has 0 aliphatic carbocycles. The summed E-state index contributed by atoms with van der Waals surface area (Å²) in [6.07, 6.45) is -4.16. The van der Waals surface area contributed by atoms with E-state index in [1.807, 2.05) is 0 Å². The summed E-state index contributed by atoms with van der Waals surface area (Å²) in [7, 11) is -4.19. The lowest BCUT2D eigenvalue weighted by atomic mass is 10.0. The highest BCUT2D eigenvalue weighted by molar-refractivity contribution is 7.90. The lowest BCUT2D eigenvalue weighted by molar-refractivity contribution is -0.137. The normalized spacial score (nSPS) is 12.2. The molecule has 1 N–H and O–H groups in total. The van der Waals surface area contributed by atoms with E-state index in [4.69, 9.17) is 0 Å². The number of rotatable bonds is 3. The molecule has 0 aromatic heterocycles. The van der Waals surface area contributed by atoms with Crippen LogP contribution in [0.3, 0.4) is 0 Å². The number of ketones is 1. The summed E-state index contributed by atoms with van der Waals surface area (Å²) in [6.45, 7) is 0. The fourth-order valence-electron chi connectivity index (χ4n) is 2.03. The van der Waals surface area contributed by atoms with Crippen molar-refractivity contribution in [1.82, 2.24) is 0 Å². The molecule has 0 atom stereocenters. The molecule has 0 spiro atoms. The highest BCUT2D eigenvalue weighted by Crippen LogP contribution is 2.33. The van der Waals surface area contributed by atoms with Gasteiger partial charge in [-0.15, -0.1) is 0 Å². The van der Waals surface area contributed by atoms with Crippen LogP contribution >= 0.6 is 0 Å². The minimum absolute atomic E-state index is 0.332. The molecule has 0 aliphatic heterocycles. The quantitative estimate of drug-likeness (QED) is 0.672. The molecule has 0 radical (unpaired) electrons. The van der Waals surface area contributed by atoms with Crippen molar-refractivity contribution in [2.24, 2.45) is 0 Å². The van der Waals surface area contributed by atoms with Gasteiger partial charge in [0.15, 0.2) is 15.6 Å². The second-order valence-corrected chi connectivity index (χ2v) is 6.96. The van der Waals surface area contributed by atoms with E-state index < -0.39 is 54.9 Å². The van der Waals surface area contributed by atoms with Crippen LogP contribution in [0.25, 0.3) is 0 Å². The molecule has 2 aromatic rings. The Bertz CT molecular complexity index is 918. The summed E-state index contributed by atoms with van der Waals surface area (Å²) in [6, 6.07) is 3.98. The van der Waals surface area contributed by atoms with E-state index in [1.54, 1.807) is 0 Å². The molecule has 0 unspecified atom stereocenters. The van der Waals surface area contributed by atoms with Gasteiger partial charge in [-0.2, -0.15) is 13.2 Å². The van der Waals surface area contributed by atoms with Gasteiger partial charge in [-0.05, 0) is 36.4 Å². The van der Waals surface area contributed by atoms with Crippen LogP contribution in [0.4, 0.5) is 17.6 Å². The minimum atomic E-state index is -4.80. The Kier molecular flexibility index (Phi) is 4.40. The highest BCUT2D eigenvalue weighted by atomic mass is 32.2. The highest BCUT2D eigenvalue weighted by Gasteiger charge is 2.33. The predicted octanol–water partition coefficient (Wildman–Crippen LogP) is 3.18. The third kappa shape index (κ3) is 3.56. The van der Waals surface area contributed by atoms with Gasteiger partial charge in [0.1, 0.15) is 11.6 Å². The Morgan fingerprint density at radius 3 is 2.21 bits per heavy atom. The van der Waals surface area contributed by atoms with Gasteiger partial charge in [-0.25, -0.2) is 12.8 Å². The number of carbonyl (C=O) groups excluding carboxylic acids is 1. The average Bonchev–Trinajstić information content (AvgIpc) is 2.46. The topological polar surface area (TPSA) is 71.4 Å². The van der Waals surface area contributed by atoms with Gasteiger partial charge < -0.3 is 5.11 Å². The molecule has 0 saturated heterocycles. The number of hydrogen-bond acceptors (Lipinski definition) is 4. The van der Waals surface area contributed by atoms with Gasteiger partial charge in [-0.1, -0.05) is 0 Å². The van der Waals surface area contributed by atoms with Crippen LogP contribution in [0.5, 0.6) is 5.75 Å². The average molecular weight is 362 g/mol. The maximum atomic E-state index is 13.2. The molecule has 0 amide bonds. The van der Waals surface area contributed by atoms with Crippen molar-refractivity contribution in [1.29, 1.82) is 0 Å². The van der Waals surface area contributed by atoms with Crippen LogP contribution in [0.15, 0.2) is 41.3 Å². The maximum absolute atomic E-state index is 13.2. The molecule has 0 aliphatic rings. The lowest BCUT2D eigenvalue weighted by Gasteiger charge is -2.12. The van der Waals surface area contributed by atoms with Crippen molar-refractivity contribution in [3.05, 3.63) is 58.9 Å². The van der Waals surface area contributed by atoms with E-state index in [0.29, 0.717) is 30.5 Å². The largest absolute Gasteiger partial charge is 0.507 e. The van der Waals surface area contributed by atoms with Crippen LogP contribution in [-0.4, -0.2) is 25.6 Å². The van der Waals surface area contributed by atoms with Crippen LogP contribution in [0.1, 0.15) is 21.5 Å². The Hall–Kier alpha value is -2.42. The van der Waals surface area contributed by atoms with Crippen molar-refractivity contribution in [2.45, 2.75) is 11.1 Å². The van der Waals surface area contributed by atoms with Crippen LogP contribution in [0, 0.1) is 5.82 Å². The smallest absolute Gasteiger partial charge is 0.416 e. The predicted molar refractivity (Wildman–Crippen MR) is 76.1 cm³/mol. The Labute approximate surface area is 134 Å². The van der Waals surface area contributed by atoms with Crippen LogP contribution < -0.4 is 0 Å². The van der Waals surface area contributed by atoms with Gasteiger partial charge in [0.2, 0.25) is 0 Å². The van der Waals surface area contributed by atoms with Gasteiger partial charge in [0.05, 0.1) is 16.0 Å². The number of phenols is 1. The van der Waals surface area contributed by atoms with E-state index in [0.717, 1.165) is 12.1 Å². The van der Waals surface area contributed by atoms with E-state index in [1.165, 1.54) is 0 Å². The van der Waals surface area contributed by atoms with Crippen molar-refractivity contribution in [3.63, 3.8) is 0 Å². The first-order valence-electron chi connectivity index (χ1n) is 6.36. The summed E-state index contributed by atoms with van der Waals surface area (Å²) in [5, 5.41) is 9.63. The number of alkyl halides is 3. The molecule has 0 heterocycles. The molecule has 0 fully saturated rings. The zero-order valence-corrected chi connectivity index (χ0v) is 12.9. The Morgan fingerprint density at radius 2 is 1.67 bits per heavy atom. The molecule has 24 heavy (non-hydrogen) atoms. The van der Waals surface area contributed by atoms with Gasteiger partial charge in [0, 0.05) is 11.8 Å². The van der Waals surface area contributed by atoms with Crippen molar-refractivity contribution in [3.8, 4) is 5.75 Å². The first-order valence-corrected chi connectivity index (χ1v) is 8.25. The van der Waals surface area contributed by atoms with Crippen LogP contribution in [0.2, 0.25) is 0 Å². The van der Waals surface area contributed by atoms with Crippen molar-refractivity contribution < 1.29 is 35.9 Å². The maximum Gasteiger partial charge on any atom is 0.416 e. The molecule has 4 nitrogen and oxygen atoms in total. The number of hydrogen-bond donors (Lipinski definition) is 1. The van der Waals surface area contributed by atoms with E-state index in [-0.39, 0.29) is 0 Å². The molecule has 0 bridgehead atoms. The SMILES string of the molecule is CS(=O)(=O)c1cc(C(F)(F)F)ccc1C(=O)c1cc(F)ccc1O. The number of aromatic hydroxyl groups is 1.